The molecular formula is C40H64O7. The summed E-state index contributed by atoms with van der Waals surface area (Å²) >= 11 is 0. The summed E-state index contributed by atoms with van der Waals surface area (Å²) in [6.45, 7) is 22.7. The molecule has 0 bridgehead atoms. The van der Waals surface area contributed by atoms with Crippen LogP contribution in [-0.2, 0) is 28.4 Å². The van der Waals surface area contributed by atoms with Crippen molar-refractivity contribution in [1.82, 2.24) is 0 Å². The molecule has 10 unspecified atom stereocenters. The SMILES string of the molecule is CC(C)CCCCC(C)C1CCC2C3C(OC(=O)OC(C)(C)C)=C=C4CC(OC5(C6COC(C)(C)O6)CO5)CCC4(C)C3CCC12C. The van der Waals surface area contributed by atoms with E-state index in [1.807, 2.05) is 34.6 Å². The summed E-state index contributed by atoms with van der Waals surface area (Å²) < 4.78 is 36.6. The Bertz CT molecular complexity index is 1240. The second kappa shape index (κ2) is 12.7. The molecule has 7 heteroatoms. The van der Waals surface area contributed by atoms with Crippen LogP contribution in [0.1, 0.15) is 140 Å². The highest BCUT2D eigenvalue weighted by molar-refractivity contribution is 5.62. The Balaban J connectivity index is 1.26. The van der Waals surface area contributed by atoms with Crippen LogP contribution in [0.25, 0.3) is 0 Å². The molecule has 0 aromatic heterocycles. The van der Waals surface area contributed by atoms with Gasteiger partial charge in [0.05, 0.1) is 12.7 Å². The molecule has 6 aliphatic rings. The lowest BCUT2D eigenvalue weighted by Crippen LogP contribution is -2.52. The van der Waals surface area contributed by atoms with Gasteiger partial charge in [-0.15, -0.1) is 0 Å². The topological polar surface area (TPSA) is 75.8 Å². The van der Waals surface area contributed by atoms with Crippen LogP contribution in [0.5, 0.6) is 0 Å². The summed E-state index contributed by atoms with van der Waals surface area (Å²) in [6.07, 6.45) is 12.0. The number of ether oxygens (including phenoxy) is 6. The highest BCUT2D eigenvalue weighted by Crippen LogP contribution is 2.68. The number of carbonyl (C=O) groups excluding carboxylic acids is 1. The van der Waals surface area contributed by atoms with Gasteiger partial charge in [0.15, 0.2) is 11.5 Å². The van der Waals surface area contributed by atoms with Gasteiger partial charge in [-0.05, 0) is 119 Å². The van der Waals surface area contributed by atoms with Crippen molar-refractivity contribution >= 4 is 6.16 Å². The van der Waals surface area contributed by atoms with Crippen molar-refractivity contribution in [2.75, 3.05) is 13.2 Å². The highest BCUT2D eigenvalue weighted by atomic mass is 16.8. The van der Waals surface area contributed by atoms with E-state index in [1.54, 1.807) is 0 Å². The summed E-state index contributed by atoms with van der Waals surface area (Å²) in [5.74, 6) is 2.61. The van der Waals surface area contributed by atoms with E-state index >= 15 is 0 Å². The molecule has 5 fully saturated rings. The van der Waals surface area contributed by atoms with Gasteiger partial charge in [-0.3, -0.25) is 0 Å². The van der Waals surface area contributed by atoms with Gasteiger partial charge in [0, 0.05) is 12.3 Å². The maximum Gasteiger partial charge on any atom is 0.514 e. The average molecular weight is 657 g/mol. The number of hydrogen-bond acceptors (Lipinski definition) is 7. The van der Waals surface area contributed by atoms with Crippen molar-refractivity contribution < 1.29 is 33.2 Å². The third kappa shape index (κ3) is 7.13. The smallest absolute Gasteiger partial charge is 0.428 e. The van der Waals surface area contributed by atoms with E-state index < -0.39 is 23.3 Å². The quantitative estimate of drug-likeness (QED) is 0.100. The van der Waals surface area contributed by atoms with Gasteiger partial charge >= 0.3 is 6.16 Å². The molecule has 3 saturated carbocycles. The Morgan fingerprint density at radius 3 is 2.32 bits per heavy atom. The average Bonchev–Trinajstić information content (AvgIpc) is 3.51. The van der Waals surface area contributed by atoms with E-state index in [4.69, 9.17) is 28.4 Å². The Morgan fingerprint density at radius 1 is 0.957 bits per heavy atom. The highest BCUT2D eigenvalue weighted by Gasteiger charge is 2.63. The van der Waals surface area contributed by atoms with Gasteiger partial charge in [-0.1, -0.05) is 66.0 Å². The minimum absolute atomic E-state index is 0.000269. The second-order valence-electron chi connectivity index (χ2n) is 18.5. The van der Waals surface area contributed by atoms with E-state index in [-0.39, 0.29) is 29.0 Å². The molecule has 0 N–H and O–H groups in total. The zero-order valence-electron chi connectivity index (χ0n) is 31.2. The normalized spacial score (nSPS) is 41.3. The number of fused-ring (bicyclic) bond motifs is 5. The summed E-state index contributed by atoms with van der Waals surface area (Å²) in [6, 6.07) is 0. The van der Waals surface area contributed by atoms with Crippen LogP contribution in [0.3, 0.4) is 0 Å². The number of hydrogen-bond donors (Lipinski definition) is 0. The van der Waals surface area contributed by atoms with E-state index in [2.05, 4.69) is 40.3 Å². The third-order valence-corrected chi connectivity index (χ3v) is 13.1. The molecule has 2 saturated heterocycles. The fourth-order valence-electron chi connectivity index (χ4n) is 10.6. The molecule has 0 aromatic carbocycles. The number of rotatable bonds is 10. The maximum atomic E-state index is 13.3. The van der Waals surface area contributed by atoms with Crippen molar-refractivity contribution in [2.24, 2.45) is 46.3 Å². The summed E-state index contributed by atoms with van der Waals surface area (Å²) in [7, 11) is 0. The lowest BCUT2D eigenvalue weighted by Gasteiger charge is -2.57. The standard InChI is InChI=1S/C40H64O7/c1-25(2)13-11-12-14-26(3)29-15-16-30-34-31(18-20-39(29,30)10)38(9)19-17-28(45-40(24-43-40)33-23-42-37(7,8)46-33)21-27(38)22-32(34)44-35(41)47-36(4,5)6/h25-26,28-31,33-34H,11-21,23-24H2,1-10H3. The Hall–Kier alpha value is -1.37. The van der Waals surface area contributed by atoms with Crippen LogP contribution in [-0.4, -0.2) is 48.8 Å². The molecule has 0 radical (unpaired) electrons. The van der Waals surface area contributed by atoms with Crippen LogP contribution in [0.4, 0.5) is 4.79 Å². The summed E-state index contributed by atoms with van der Waals surface area (Å²) in [5.41, 5.74) is 4.63. The van der Waals surface area contributed by atoms with E-state index in [1.165, 1.54) is 50.5 Å². The molecule has 6 rings (SSSR count). The molecule has 2 heterocycles. The summed E-state index contributed by atoms with van der Waals surface area (Å²) in [5, 5.41) is 0. The minimum atomic E-state index is -0.736. The van der Waals surface area contributed by atoms with Crippen LogP contribution >= 0.6 is 0 Å². The van der Waals surface area contributed by atoms with Gasteiger partial charge in [0.2, 0.25) is 5.79 Å². The third-order valence-electron chi connectivity index (χ3n) is 13.1. The lowest BCUT2D eigenvalue weighted by atomic mass is 9.47. The monoisotopic (exact) mass is 656 g/mol. The van der Waals surface area contributed by atoms with Gasteiger partial charge in [0.1, 0.15) is 18.3 Å². The predicted molar refractivity (Wildman–Crippen MR) is 181 cm³/mol. The number of carbonyl (C=O) groups is 1. The van der Waals surface area contributed by atoms with E-state index in [0.717, 1.165) is 31.6 Å². The number of unbranched alkanes of at least 4 members (excludes halogenated alkanes) is 1. The molecule has 7 nitrogen and oxygen atoms in total. The fourth-order valence-corrected chi connectivity index (χ4v) is 10.6. The zero-order chi connectivity index (χ0) is 34.0. The molecule has 0 spiro atoms. The first-order valence-corrected chi connectivity index (χ1v) is 19.0. The summed E-state index contributed by atoms with van der Waals surface area (Å²) in [4.78, 5) is 13.3. The van der Waals surface area contributed by atoms with Gasteiger partial charge in [-0.25, -0.2) is 4.79 Å². The molecule has 266 valence electrons. The van der Waals surface area contributed by atoms with Gasteiger partial charge in [-0.2, -0.15) is 0 Å². The Labute approximate surface area is 284 Å². The largest absolute Gasteiger partial charge is 0.514 e. The molecule has 47 heavy (non-hydrogen) atoms. The predicted octanol–water partition coefficient (Wildman–Crippen LogP) is 9.73. The molecule has 0 amide bonds. The van der Waals surface area contributed by atoms with Gasteiger partial charge in [0.25, 0.3) is 0 Å². The van der Waals surface area contributed by atoms with E-state index in [0.29, 0.717) is 42.6 Å². The van der Waals surface area contributed by atoms with E-state index in [9.17, 15) is 4.79 Å². The minimum Gasteiger partial charge on any atom is -0.428 e. The lowest BCUT2D eigenvalue weighted by molar-refractivity contribution is -0.197. The molecule has 4 aliphatic carbocycles. The van der Waals surface area contributed by atoms with Crippen molar-refractivity contribution in [2.45, 2.75) is 169 Å². The number of epoxide rings is 1. The zero-order valence-corrected chi connectivity index (χ0v) is 31.2. The maximum absolute atomic E-state index is 13.3. The molecule has 0 aromatic rings. The molecular weight excluding hydrogens is 592 g/mol. The van der Waals surface area contributed by atoms with Gasteiger partial charge < -0.3 is 28.4 Å². The van der Waals surface area contributed by atoms with Crippen molar-refractivity contribution in [3.8, 4) is 0 Å². The first-order chi connectivity index (χ1) is 21.9. The first-order valence-electron chi connectivity index (χ1n) is 19.0. The van der Waals surface area contributed by atoms with Crippen LogP contribution in [0, 0.1) is 46.3 Å². The van der Waals surface area contributed by atoms with Crippen molar-refractivity contribution in [1.29, 1.82) is 0 Å². The fraction of sp³-hybridized carbons (Fsp3) is 0.900. The molecule has 10 atom stereocenters. The second-order valence-corrected chi connectivity index (χ2v) is 18.5. The van der Waals surface area contributed by atoms with Crippen LogP contribution in [0.15, 0.2) is 17.1 Å². The first kappa shape index (κ1) is 35.5. The van der Waals surface area contributed by atoms with Crippen molar-refractivity contribution in [3.63, 3.8) is 0 Å². The Morgan fingerprint density at radius 2 is 1.68 bits per heavy atom. The van der Waals surface area contributed by atoms with Crippen LogP contribution in [0.2, 0.25) is 0 Å². The van der Waals surface area contributed by atoms with Crippen molar-refractivity contribution in [3.05, 3.63) is 17.1 Å². The Kier molecular flexibility index (Phi) is 9.62. The molecule has 2 aliphatic heterocycles. The van der Waals surface area contributed by atoms with Crippen LogP contribution < -0.4 is 0 Å².